The fourth-order valence-corrected chi connectivity index (χ4v) is 2.19. The summed E-state index contributed by atoms with van der Waals surface area (Å²) in [5.74, 6) is 0.622. The van der Waals surface area contributed by atoms with Crippen molar-refractivity contribution < 1.29 is 0 Å². The zero-order valence-corrected chi connectivity index (χ0v) is 11.7. The average molecular weight is 289 g/mol. The fraction of sp³-hybridized carbons (Fsp3) is 0.231. The highest BCUT2D eigenvalue weighted by Crippen LogP contribution is 2.21. The molecule has 0 spiro atoms. The molecular formula is C13H13ClN6. The van der Waals surface area contributed by atoms with E-state index < -0.39 is 0 Å². The van der Waals surface area contributed by atoms with Gasteiger partial charge in [-0.2, -0.15) is 0 Å². The molecule has 0 amide bonds. The number of nitrogens with one attached hydrogen (secondary N) is 1. The van der Waals surface area contributed by atoms with Gasteiger partial charge in [-0.3, -0.25) is 0 Å². The van der Waals surface area contributed by atoms with Crippen LogP contribution in [0.25, 0.3) is 10.9 Å². The van der Waals surface area contributed by atoms with Gasteiger partial charge in [-0.25, -0.2) is 9.67 Å². The lowest BCUT2D eigenvalue weighted by Gasteiger charge is -2.08. The minimum absolute atomic E-state index is 0.492. The van der Waals surface area contributed by atoms with Crippen LogP contribution in [0, 0.1) is 0 Å². The predicted octanol–water partition coefficient (Wildman–Crippen LogP) is 2.51. The SMILES string of the molecule is CCn1nnnc1NCc1cc2ccccc2nc1Cl. The second-order valence-electron chi connectivity index (χ2n) is 4.30. The highest BCUT2D eigenvalue weighted by atomic mass is 35.5. The summed E-state index contributed by atoms with van der Waals surface area (Å²) in [5.41, 5.74) is 1.80. The molecule has 0 aliphatic heterocycles. The molecule has 1 aromatic carbocycles. The van der Waals surface area contributed by atoms with E-state index in [2.05, 4.69) is 25.8 Å². The Labute approximate surface area is 120 Å². The predicted molar refractivity (Wildman–Crippen MR) is 77.6 cm³/mol. The normalized spacial score (nSPS) is 10.9. The number of aromatic nitrogens is 5. The molecule has 0 unspecified atom stereocenters. The van der Waals surface area contributed by atoms with Crippen molar-refractivity contribution in [3.8, 4) is 0 Å². The van der Waals surface area contributed by atoms with Crippen molar-refractivity contribution in [3.05, 3.63) is 41.0 Å². The largest absolute Gasteiger partial charge is 0.349 e. The highest BCUT2D eigenvalue weighted by Gasteiger charge is 2.07. The molecule has 3 aromatic rings. The molecule has 0 atom stereocenters. The molecule has 0 radical (unpaired) electrons. The monoisotopic (exact) mass is 288 g/mol. The lowest BCUT2D eigenvalue weighted by molar-refractivity contribution is 0.629. The summed E-state index contributed by atoms with van der Waals surface area (Å²) >= 11 is 6.21. The number of pyridine rings is 1. The van der Waals surface area contributed by atoms with Crippen molar-refractivity contribution in [2.24, 2.45) is 0 Å². The Morgan fingerprint density at radius 2 is 2.15 bits per heavy atom. The van der Waals surface area contributed by atoms with Gasteiger partial charge in [0.05, 0.1) is 5.52 Å². The van der Waals surface area contributed by atoms with Gasteiger partial charge in [0.2, 0.25) is 5.95 Å². The molecule has 0 aliphatic carbocycles. The molecular weight excluding hydrogens is 276 g/mol. The van der Waals surface area contributed by atoms with Crippen molar-refractivity contribution >= 4 is 28.5 Å². The van der Waals surface area contributed by atoms with Crippen LogP contribution in [0.15, 0.2) is 30.3 Å². The number of fused-ring (bicyclic) bond motifs is 1. The third-order valence-corrected chi connectivity index (χ3v) is 3.35. The van der Waals surface area contributed by atoms with Crippen molar-refractivity contribution in [1.82, 2.24) is 25.2 Å². The van der Waals surface area contributed by atoms with E-state index in [9.17, 15) is 0 Å². The van der Waals surface area contributed by atoms with Gasteiger partial charge in [0.15, 0.2) is 0 Å². The molecule has 20 heavy (non-hydrogen) atoms. The van der Waals surface area contributed by atoms with Gasteiger partial charge >= 0.3 is 0 Å². The second kappa shape index (κ2) is 5.42. The highest BCUT2D eigenvalue weighted by molar-refractivity contribution is 6.30. The average Bonchev–Trinajstić information content (AvgIpc) is 2.92. The van der Waals surface area contributed by atoms with E-state index in [1.807, 2.05) is 37.3 Å². The molecule has 3 rings (SSSR count). The summed E-state index contributed by atoms with van der Waals surface area (Å²) in [6.07, 6.45) is 0. The number of rotatable bonds is 4. The summed E-state index contributed by atoms with van der Waals surface area (Å²) in [6, 6.07) is 9.90. The molecule has 7 heteroatoms. The van der Waals surface area contributed by atoms with E-state index >= 15 is 0 Å². The number of benzene rings is 1. The summed E-state index contributed by atoms with van der Waals surface area (Å²) in [4.78, 5) is 4.39. The third-order valence-electron chi connectivity index (χ3n) is 3.02. The van der Waals surface area contributed by atoms with Crippen LogP contribution in [-0.2, 0) is 13.1 Å². The molecule has 1 N–H and O–H groups in total. The first kappa shape index (κ1) is 12.8. The first-order chi connectivity index (χ1) is 9.78. The van der Waals surface area contributed by atoms with E-state index in [1.54, 1.807) is 4.68 Å². The lowest BCUT2D eigenvalue weighted by atomic mass is 10.1. The second-order valence-corrected chi connectivity index (χ2v) is 4.66. The van der Waals surface area contributed by atoms with E-state index in [4.69, 9.17) is 11.6 Å². The van der Waals surface area contributed by atoms with Crippen LogP contribution in [-0.4, -0.2) is 25.2 Å². The number of para-hydroxylation sites is 1. The number of nitrogens with zero attached hydrogens (tertiary/aromatic N) is 5. The number of anilines is 1. The van der Waals surface area contributed by atoms with Gasteiger partial charge in [-0.1, -0.05) is 34.9 Å². The first-order valence-electron chi connectivity index (χ1n) is 6.32. The summed E-state index contributed by atoms with van der Waals surface area (Å²) < 4.78 is 1.68. The molecule has 0 bridgehead atoms. The Balaban J connectivity index is 1.85. The topological polar surface area (TPSA) is 68.5 Å². The van der Waals surface area contributed by atoms with Crippen molar-refractivity contribution in [3.63, 3.8) is 0 Å². The standard InChI is InChI=1S/C13H13ClN6/c1-2-20-13(17-18-19-20)15-8-10-7-9-5-3-4-6-11(9)16-12(10)14/h3-7H,2,8H2,1H3,(H,15,17,19). The Kier molecular flexibility index (Phi) is 3.47. The van der Waals surface area contributed by atoms with Crippen LogP contribution in [0.2, 0.25) is 5.15 Å². The summed E-state index contributed by atoms with van der Waals surface area (Å²) in [6.45, 7) is 3.21. The van der Waals surface area contributed by atoms with Crippen molar-refractivity contribution in [2.75, 3.05) is 5.32 Å². The number of tetrazole rings is 1. The van der Waals surface area contributed by atoms with Gasteiger partial charge in [0.1, 0.15) is 5.15 Å². The molecule has 0 aliphatic rings. The molecule has 0 saturated heterocycles. The Bertz CT molecular complexity index is 739. The van der Waals surface area contributed by atoms with Gasteiger partial charge in [0.25, 0.3) is 0 Å². The van der Waals surface area contributed by atoms with Gasteiger partial charge in [0, 0.05) is 24.0 Å². The fourth-order valence-electron chi connectivity index (χ4n) is 1.98. The first-order valence-corrected chi connectivity index (χ1v) is 6.70. The molecule has 2 heterocycles. The van der Waals surface area contributed by atoms with Gasteiger partial charge in [-0.15, -0.1) is 0 Å². The van der Waals surface area contributed by atoms with E-state index in [0.717, 1.165) is 16.5 Å². The lowest BCUT2D eigenvalue weighted by Crippen LogP contribution is -2.08. The quantitative estimate of drug-likeness (QED) is 0.747. The van der Waals surface area contributed by atoms with Crippen LogP contribution >= 0.6 is 11.6 Å². The smallest absolute Gasteiger partial charge is 0.243 e. The Morgan fingerprint density at radius 3 is 3.00 bits per heavy atom. The maximum atomic E-state index is 6.21. The molecule has 102 valence electrons. The number of hydrogen-bond acceptors (Lipinski definition) is 5. The molecule has 2 aromatic heterocycles. The van der Waals surface area contributed by atoms with Crippen LogP contribution in [0.3, 0.4) is 0 Å². The number of hydrogen-bond donors (Lipinski definition) is 1. The van der Waals surface area contributed by atoms with Crippen LogP contribution in [0.4, 0.5) is 5.95 Å². The van der Waals surface area contributed by atoms with Crippen LogP contribution in [0.1, 0.15) is 12.5 Å². The van der Waals surface area contributed by atoms with E-state index in [1.165, 1.54) is 0 Å². The number of aryl methyl sites for hydroxylation is 1. The minimum atomic E-state index is 0.492. The van der Waals surface area contributed by atoms with Crippen molar-refractivity contribution in [1.29, 1.82) is 0 Å². The minimum Gasteiger partial charge on any atom is -0.349 e. The van der Waals surface area contributed by atoms with E-state index in [0.29, 0.717) is 24.2 Å². The maximum Gasteiger partial charge on any atom is 0.243 e. The zero-order chi connectivity index (χ0) is 13.9. The van der Waals surface area contributed by atoms with Gasteiger partial charge < -0.3 is 5.32 Å². The summed E-state index contributed by atoms with van der Waals surface area (Å²) in [5, 5.41) is 16.1. The van der Waals surface area contributed by atoms with E-state index in [-0.39, 0.29) is 0 Å². The van der Waals surface area contributed by atoms with Crippen LogP contribution in [0.5, 0.6) is 0 Å². The Hall–Kier alpha value is -2.21. The molecule has 0 saturated carbocycles. The molecule has 0 fully saturated rings. The maximum absolute atomic E-state index is 6.21. The summed E-state index contributed by atoms with van der Waals surface area (Å²) in [7, 11) is 0. The van der Waals surface area contributed by atoms with Gasteiger partial charge in [-0.05, 0) is 29.5 Å². The molecule has 6 nitrogen and oxygen atoms in total. The third kappa shape index (κ3) is 2.42. The Morgan fingerprint density at radius 1 is 1.30 bits per heavy atom. The zero-order valence-electron chi connectivity index (χ0n) is 10.9. The van der Waals surface area contributed by atoms with Crippen LogP contribution < -0.4 is 5.32 Å². The van der Waals surface area contributed by atoms with Crippen molar-refractivity contribution in [2.45, 2.75) is 20.0 Å². The number of halogens is 1.